The predicted molar refractivity (Wildman–Crippen MR) is 56.5 cm³/mol. The number of amides is 1. The number of carbonyl (C=O) groups is 1. The van der Waals surface area contributed by atoms with Crippen LogP contribution in [0.4, 0.5) is 0 Å². The lowest BCUT2D eigenvalue weighted by Crippen LogP contribution is -2.42. The Morgan fingerprint density at radius 1 is 1.64 bits per heavy atom. The second-order valence-corrected chi connectivity index (χ2v) is 4.56. The molecule has 1 heterocycles. The van der Waals surface area contributed by atoms with Gasteiger partial charge in [0.2, 0.25) is 5.91 Å². The van der Waals surface area contributed by atoms with E-state index in [9.17, 15) is 4.79 Å². The molecule has 82 valence electrons. The van der Waals surface area contributed by atoms with E-state index in [-0.39, 0.29) is 24.0 Å². The first-order chi connectivity index (χ1) is 6.59. The summed E-state index contributed by atoms with van der Waals surface area (Å²) in [6.45, 7) is 5.52. The average molecular weight is 220 g/mol. The van der Waals surface area contributed by atoms with Gasteiger partial charge in [-0.05, 0) is 26.7 Å². The maximum Gasteiger partial charge on any atom is 0.248 e. The third-order valence-corrected chi connectivity index (χ3v) is 2.61. The molecule has 1 amide bonds. The van der Waals surface area contributed by atoms with E-state index in [4.69, 9.17) is 16.3 Å². The summed E-state index contributed by atoms with van der Waals surface area (Å²) in [4.78, 5) is 13.4. The maximum atomic E-state index is 11.6. The van der Waals surface area contributed by atoms with Crippen LogP contribution in [-0.4, -0.2) is 42.0 Å². The van der Waals surface area contributed by atoms with Gasteiger partial charge in [0, 0.05) is 13.1 Å². The van der Waals surface area contributed by atoms with E-state index in [1.807, 2.05) is 13.8 Å². The zero-order chi connectivity index (χ0) is 10.6. The number of hydrogen-bond donors (Lipinski definition) is 0. The van der Waals surface area contributed by atoms with Gasteiger partial charge in [0.15, 0.2) is 0 Å². The van der Waals surface area contributed by atoms with Gasteiger partial charge in [0.1, 0.15) is 6.61 Å². The van der Waals surface area contributed by atoms with Crippen molar-refractivity contribution in [2.75, 3.05) is 19.7 Å². The van der Waals surface area contributed by atoms with E-state index in [2.05, 4.69) is 0 Å². The van der Waals surface area contributed by atoms with E-state index < -0.39 is 0 Å². The molecule has 1 aliphatic rings. The summed E-state index contributed by atoms with van der Waals surface area (Å²) in [7, 11) is 0. The van der Waals surface area contributed by atoms with E-state index in [0.717, 1.165) is 19.4 Å². The van der Waals surface area contributed by atoms with Crippen LogP contribution < -0.4 is 0 Å². The molecule has 1 unspecified atom stereocenters. The Morgan fingerprint density at radius 3 is 2.93 bits per heavy atom. The highest BCUT2D eigenvalue weighted by atomic mass is 35.5. The second-order valence-electron chi connectivity index (χ2n) is 3.94. The fourth-order valence-electron chi connectivity index (χ4n) is 1.48. The quantitative estimate of drug-likeness (QED) is 0.676. The molecule has 0 bridgehead atoms. The van der Waals surface area contributed by atoms with Crippen molar-refractivity contribution in [3.63, 3.8) is 0 Å². The molecular weight excluding hydrogens is 202 g/mol. The Morgan fingerprint density at radius 2 is 2.36 bits per heavy atom. The third-order valence-electron chi connectivity index (χ3n) is 2.26. The summed E-state index contributed by atoms with van der Waals surface area (Å²) in [5.74, 6) is 0.0593. The molecular formula is C10H18ClNO2. The van der Waals surface area contributed by atoms with Crippen molar-refractivity contribution in [1.29, 1.82) is 0 Å². The summed E-state index contributed by atoms with van der Waals surface area (Å²) in [5.41, 5.74) is 0. The van der Waals surface area contributed by atoms with Crippen LogP contribution in [0.15, 0.2) is 0 Å². The Balaban J connectivity index is 2.29. The van der Waals surface area contributed by atoms with Crippen LogP contribution in [-0.2, 0) is 9.53 Å². The predicted octanol–water partition coefficient (Wildman–Crippen LogP) is 1.64. The Labute approximate surface area is 90.4 Å². The third kappa shape index (κ3) is 3.84. The van der Waals surface area contributed by atoms with Crippen LogP contribution in [0.2, 0.25) is 0 Å². The molecule has 1 saturated heterocycles. The number of ether oxygens (including phenoxy) is 1. The van der Waals surface area contributed by atoms with Crippen molar-refractivity contribution in [2.24, 2.45) is 0 Å². The molecule has 1 fully saturated rings. The molecule has 1 atom stereocenters. The molecule has 0 spiro atoms. The molecule has 14 heavy (non-hydrogen) atoms. The van der Waals surface area contributed by atoms with Gasteiger partial charge < -0.3 is 9.64 Å². The number of alkyl halides is 1. The number of piperidine rings is 1. The molecule has 3 nitrogen and oxygen atoms in total. The highest BCUT2D eigenvalue weighted by Crippen LogP contribution is 2.15. The summed E-state index contributed by atoms with van der Waals surface area (Å²) in [6.07, 6.45) is 2.12. The number of hydrogen-bond acceptors (Lipinski definition) is 2. The van der Waals surface area contributed by atoms with E-state index in [1.54, 1.807) is 4.90 Å². The van der Waals surface area contributed by atoms with Gasteiger partial charge in [0.05, 0.1) is 11.5 Å². The van der Waals surface area contributed by atoms with Gasteiger partial charge >= 0.3 is 0 Å². The largest absolute Gasteiger partial charge is 0.369 e. The minimum atomic E-state index is 0.0593. The minimum Gasteiger partial charge on any atom is -0.369 e. The topological polar surface area (TPSA) is 29.5 Å². The van der Waals surface area contributed by atoms with Gasteiger partial charge in [-0.25, -0.2) is 0 Å². The summed E-state index contributed by atoms with van der Waals surface area (Å²) >= 11 is 5.98. The number of carbonyl (C=O) groups excluding carboxylic acids is 1. The Hall–Kier alpha value is -0.280. The molecule has 4 heteroatoms. The van der Waals surface area contributed by atoms with Crippen LogP contribution in [0.25, 0.3) is 0 Å². The summed E-state index contributed by atoms with van der Waals surface area (Å²) in [6, 6.07) is 0. The van der Waals surface area contributed by atoms with Crippen molar-refractivity contribution in [1.82, 2.24) is 4.90 Å². The first kappa shape index (κ1) is 11.8. The Bertz CT molecular complexity index is 197. The van der Waals surface area contributed by atoms with Crippen LogP contribution in [0.1, 0.15) is 26.7 Å². The summed E-state index contributed by atoms with van der Waals surface area (Å²) in [5, 5.41) is 0.117. The maximum absolute atomic E-state index is 11.6. The monoisotopic (exact) mass is 219 g/mol. The van der Waals surface area contributed by atoms with Crippen molar-refractivity contribution in [2.45, 2.75) is 38.2 Å². The van der Waals surface area contributed by atoms with Gasteiger partial charge in [0.25, 0.3) is 0 Å². The first-order valence-corrected chi connectivity index (χ1v) is 5.56. The van der Waals surface area contributed by atoms with E-state index >= 15 is 0 Å². The van der Waals surface area contributed by atoms with Crippen LogP contribution in [0.3, 0.4) is 0 Å². The molecule has 1 rings (SSSR count). The zero-order valence-corrected chi connectivity index (χ0v) is 9.59. The average Bonchev–Trinajstić information content (AvgIpc) is 2.14. The number of nitrogens with zero attached hydrogens (tertiary/aromatic N) is 1. The zero-order valence-electron chi connectivity index (χ0n) is 8.83. The van der Waals surface area contributed by atoms with Crippen molar-refractivity contribution >= 4 is 17.5 Å². The lowest BCUT2D eigenvalue weighted by molar-refractivity contribution is -0.138. The molecule has 0 aromatic rings. The molecule has 0 aromatic carbocycles. The summed E-state index contributed by atoms with van der Waals surface area (Å²) < 4.78 is 5.26. The van der Waals surface area contributed by atoms with Gasteiger partial charge in [-0.1, -0.05) is 0 Å². The van der Waals surface area contributed by atoms with Gasteiger partial charge in [-0.15, -0.1) is 11.6 Å². The van der Waals surface area contributed by atoms with E-state index in [1.165, 1.54) is 0 Å². The number of rotatable bonds is 3. The molecule has 1 aliphatic heterocycles. The lowest BCUT2D eigenvalue weighted by atomic mass is 10.1. The molecule has 0 N–H and O–H groups in total. The Kier molecular flexibility index (Phi) is 4.69. The highest BCUT2D eigenvalue weighted by Gasteiger charge is 2.21. The lowest BCUT2D eigenvalue weighted by Gasteiger charge is -2.29. The number of halogens is 1. The normalized spacial score (nSPS) is 22.9. The van der Waals surface area contributed by atoms with Crippen LogP contribution >= 0.6 is 11.6 Å². The fourth-order valence-corrected chi connectivity index (χ4v) is 1.80. The standard InChI is InChI=1S/C10H18ClNO2/c1-8(2)14-7-10(13)12-5-3-4-9(11)6-12/h8-9H,3-7H2,1-2H3. The first-order valence-electron chi connectivity index (χ1n) is 5.13. The van der Waals surface area contributed by atoms with Crippen molar-refractivity contribution in [3.05, 3.63) is 0 Å². The molecule has 0 aliphatic carbocycles. The minimum absolute atomic E-state index is 0.0593. The van der Waals surface area contributed by atoms with E-state index in [0.29, 0.717) is 6.54 Å². The van der Waals surface area contributed by atoms with Crippen molar-refractivity contribution < 1.29 is 9.53 Å². The molecule has 0 radical (unpaired) electrons. The second kappa shape index (κ2) is 5.56. The SMILES string of the molecule is CC(C)OCC(=O)N1CCCC(Cl)C1. The highest BCUT2D eigenvalue weighted by molar-refractivity contribution is 6.20. The smallest absolute Gasteiger partial charge is 0.248 e. The van der Waals surface area contributed by atoms with Crippen molar-refractivity contribution in [3.8, 4) is 0 Å². The molecule has 0 aromatic heterocycles. The van der Waals surface area contributed by atoms with Gasteiger partial charge in [-0.3, -0.25) is 4.79 Å². The number of likely N-dealkylation sites (tertiary alicyclic amines) is 1. The fraction of sp³-hybridized carbons (Fsp3) is 0.900. The molecule has 0 saturated carbocycles. The van der Waals surface area contributed by atoms with Gasteiger partial charge in [-0.2, -0.15) is 0 Å². The van der Waals surface area contributed by atoms with Crippen LogP contribution in [0, 0.1) is 0 Å². The van der Waals surface area contributed by atoms with Crippen LogP contribution in [0.5, 0.6) is 0 Å².